The van der Waals surface area contributed by atoms with Gasteiger partial charge in [0.1, 0.15) is 17.8 Å². The van der Waals surface area contributed by atoms with Gasteiger partial charge in [-0.25, -0.2) is 9.97 Å². The summed E-state index contributed by atoms with van der Waals surface area (Å²) in [5.41, 5.74) is 7.52. The maximum atomic E-state index is 12.7. The second-order valence-electron chi connectivity index (χ2n) is 7.87. The fourth-order valence-electron chi connectivity index (χ4n) is 3.90. The van der Waals surface area contributed by atoms with Gasteiger partial charge >= 0.3 is 0 Å². The van der Waals surface area contributed by atoms with Crippen molar-refractivity contribution in [1.82, 2.24) is 20.3 Å². The second-order valence-corrected chi connectivity index (χ2v) is 7.87. The Morgan fingerprint density at radius 1 is 1.29 bits per heavy atom. The number of aliphatic hydroxyl groups is 1. The Kier molecular flexibility index (Phi) is 5.84. The monoisotopic (exact) mass is 419 g/mol. The zero-order chi connectivity index (χ0) is 21.8. The third-order valence-corrected chi connectivity index (χ3v) is 5.87. The van der Waals surface area contributed by atoms with Gasteiger partial charge in [-0.15, -0.1) is 0 Å². The van der Waals surface area contributed by atoms with Crippen molar-refractivity contribution in [2.75, 3.05) is 24.5 Å². The third kappa shape index (κ3) is 4.35. The van der Waals surface area contributed by atoms with Crippen LogP contribution in [0.5, 0.6) is 0 Å². The van der Waals surface area contributed by atoms with Crippen LogP contribution in [0.4, 0.5) is 5.82 Å². The maximum absolute atomic E-state index is 12.7. The third-order valence-electron chi connectivity index (χ3n) is 5.87. The molecule has 1 aliphatic heterocycles. The lowest BCUT2D eigenvalue weighted by Crippen LogP contribution is -2.59. The molecule has 5 N–H and O–H groups in total. The van der Waals surface area contributed by atoms with Gasteiger partial charge in [-0.3, -0.25) is 4.79 Å². The van der Waals surface area contributed by atoms with Gasteiger partial charge in [-0.1, -0.05) is 12.1 Å². The average Bonchev–Trinajstić information content (AvgIpc) is 3.28. The van der Waals surface area contributed by atoms with E-state index in [0.717, 1.165) is 16.9 Å². The normalized spacial score (nSPS) is 16.6. The Bertz CT molecular complexity index is 1090. The summed E-state index contributed by atoms with van der Waals surface area (Å²) < 4.78 is 0. The number of aliphatic hydroxyl groups excluding tert-OH is 1. The number of aromatic nitrogens is 3. The maximum Gasteiger partial charge on any atom is 0.240 e. The molecule has 3 heterocycles. The molecule has 3 aromatic rings. The number of benzene rings is 1. The van der Waals surface area contributed by atoms with E-state index in [-0.39, 0.29) is 5.91 Å². The van der Waals surface area contributed by atoms with E-state index < -0.39 is 11.6 Å². The zero-order valence-electron chi connectivity index (χ0n) is 17.1. The molecule has 0 saturated carbocycles. The molecular formula is C22H25N7O2. The van der Waals surface area contributed by atoms with Gasteiger partial charge in [0.05, 0.1) is 28.7 Å². The summed E-state index contributed by atoms with van der Waals surface area (Å²) in [7, 11) is 0. The van der Waals surface area contributed by atoms with Crippen molar-refractivity contribution in [3.05, 3.63) is 54.0 Å². The van der Waals surface area contributed by atoms with Crippen molar-refractivity contribution < 1.29 is 9.90 Å². The molecule has 0 radical (unpaired) electrons. The topological polar surface area (TPSA) is 144 Å². The predicted octanol–water partition coefficient (Wildman–Crippen LogP) is 1.37. The molecule has 1 atom stereocenters. The number of hydrogen-bond acceptors (Lipinski definition) is 7. The van der Waals surface area contributed by atoms with Crippen LogP contribution >= 0.6 is 0 Å². The van der Waals surface area contributed by atoms with Crippen LogP contribution in [0.25, 0.3) is 11.0 Å². The molecule has 9 heteroatoms. The van der Waals surface area contributed by atoms with E-state index in [1.165, 1.54) is 6.33 Å². The summed E-state index contributed by atoms with van der Waals surface area (Å²) in [5, 5.41) is 23.0. The number of H-pyrrole nitrogens is 1. The summed E-state index contributed by atoms with van der Waals surface area (Å²) in [5.74, 6) is 0.646. The number of hydrogen-bond donors (Lipinski definition) is 4. The first kappa shape index (κ1) is 20.8. The lowest BCUT2D eigenvalue weighted by atomic mass is 9.87. The SMILES string of the molecule is N#Cc1ccc(C(O)CCNC(=O)C2(N)CCN(c3ncnc4[nH]ccc34)CC2)cc1. The summed E-state index contributed by atoms with van der Waals surface area (Å²) in [6.07, 6.45) is 4.03. The molecule has 0 bridgehead atoms. The van der Waals surface area contributed by atoms with Crippen LogP contribution in [-0.4, -0.2) is 51.1 Å². The largest absolute Gasteiger partial charge is 0.388 e. The van der Waals surface area contributed by atoms with Crippen molar-refractivity contribution in [2.45, 2.75) is 30.9 Å². The van der Waals surface area contributed by atoms with E-state index in [1.807, 2.05) is 18.3 Å². The zero-order valence-corrected chi connectivity index (χ0v) is 17.1. The molecule has 1 saturated heterocycles. The predicted molar refractivity (Wildman–Crippen MR) is 116 cm³/mol. The van der Waals surface area contributed by atoms with Gasteiger partial charge in [0.15, 0.2) is 0 Å². The molecule has 1 fully saturated rings. The highest BCUT2D eigenvalue weighted by Gasteiger charge is 2.38. The van der Waals surface area contributed by atoms with E-state index in [2.05, 4.69) is 25.2 Å². The molecular weight excluding hydrogens is 394 g/mol. The fraction of sp³-hybridized carbons (Fsp3) is 0.364. The first-order valence-electron chi connectivity index (χ1n) is 10.3. The Balaban J connectivity index is 1.29. The van der Waals surface area contributed by atoms with Gasteiger partial charge in [0.2, 0.25) is 5.91 Å². The highest BCUT2D eigenvalue weighted by Crippen LogP contribution is 2.28. The van der Waals surface area contributed by atoms with E-state index in [0.29, 0.717) is 50.0 Å². The van der Waals surface area contributed by atoms with E-state index >= 15 is 0 Å². The van der Waals surface area contributed by atoms with Crippen molar-refractivity contribution >= 4 is 22.8 Å². The Labute approximate surface area is 179 Å². The Morgan fingerprint density at radius 3 is 2.74 bits per heavy atom. The number of carbonyl (C=O) groups excluding carboxylic acids is 1. The number of carbonyl (C=O) groups is 1. The number of nitriles is 1. The van der Waals surface area contributed by atoms with Crippen LogP contribution in [0, 0.1) is 11.3 Å². The van der Waals surface area contributed by atoms with Crippen LogP contribution < -0.4 is 16.0 Å². The van der Waals surface area contributed by atoms with Crippen molar-refractivity contribution in [3.63, 3.8) is 0 Å². The van der Waals surface area contributed by atoms with Gasteiger partial charge in [-0.05, 0) is 43.0 Å². The minimum absolute atomic E-state index is 0.200. The molecule has 0 aliphatic carbocycles. The summed E-state index contributed by atoms with van der Waals surface area (Å²) in [4.78, 5) is 26.6. The van der Waals surface area contributed by atoms with Crippen LogP contribution in [0.1, 0.15) is 36.5 Å². The molecule has 160 valence electrons. The molecule has 1 amide bonds. The fourth-order valence-corrected chi connectivity index (χ4v) is 3.90. The molecule has 4 rings (SSSR count). The number of rotatable bonds is 6. The van der Waals surface area contributed by atoms with E-state index in [1.54, 1.807) is 24.3 Å². The van der Waals surface area contributed by atoms with Gasteiger partial charge in [0, 0.05) is 25.8 Å². The van der Waals surface area contributed by atoms with Crippen molar-refractivity contribution in [3.8, 4) is 6.07 Å². The van der Waals surface area contributed by atoms with Crippen LogP contribution in [-0.2, 0) is 4.79 Å². The average molecular weight is 419 g/mol. The standard InChI is InChI=1S/C22H25N7O2/c23-13-15-1-3-16(4-2-15)18(30)6-10-26-21(31)22(24)7-11-29(12-8-22)20-17-5-9-25-19(17)27-14-28-20/h1-5,9,14,18,30H,6-8,10-12,24H2,(H,26,31)(H,25,27,28). The number of piperidine rings is 1. The number of nitrogens with two attached hydrogens (primary N) is 1. The second kappa shape index (κ2) is 8.71. The molecule has 1 aromatic carbocycles. The number of fused-ring (bicyclic) bond motifs is 1. The summed E-state index contributed by atoms with van der Waals surface area (Å²) in [6, 6.07) is 10.8. The number of nitrogens with one attached hydrogen (secondary N) is 2. The minimum Gasteiger partial charge on any atom is -0.388 e. The van der Waals surface area contributed by atoms with Crippen molar-refractivity contribution in [2.24, 2.45) is 5.73 Å². The van der Waals surface area contributed by atoms with Gasteiger partial charge in [0.25, 0.3) is 0 Å². The number of aromatic amines is 1. The van der Waals surface area contributed by atoms with Crippen LogP contribution in [0.2, 0.25) is 0 Å². The molecule has 0 spiro atoms. The number of nitrogens with zero attached hydrogens (tertiary/aromatic N) is 4. The molecule has 2 aromatic heterocycles. The van der Waals surface area contributed by atoms with Crippen LogP contribution in [0.15, 0.2) is 42.9 Å². The lowest BCUT2D eigenvalue weighted by Gasteiger charge is -2.38. The summed E-state index contributed by atoms with van der Waals surface area (Å²) >= 11 is 0. The van der Waals surface area contributed by atoms with E-state index in [9.17, 15) is 9.90 Å². The molecule has 31 heavy (non-hydrogen) atoms. The summed E-state index contributed by atoms with van der Waals surface area (Å²) in [6.45, 7) is 1.56. The smallest absolute Gasteiger partial charge is 0.240 e. The highest BCUT2D eigenvalue weighted by molar-refractivity contribution is 5.88. The van der Waals surface area contributed by atoms with Gasteiger partial charge in [-0.2, -0.15) is 5.26 Å². The lowest BCUT2D eigenvalue weighted by molar-refractivity contribution is -0.127. The minimum atomic E-state index is -0.944. The number of anilines is 1. The first-order chi connectivity index (χ1) is 15.0. The number of amides is 1. The highest BCUT2D eigenvalue weighted by atomic mass is 16.3. The van der Waals surface area contributed by atoms with Crippen molar-refractivity contribution in [1.29, 1.82) is 5.26 Å². The quantitative estimate of drug-likeness (QED) is 0.472. The molecule has 9 nitrogen and oxygen atoms in total. The molecule has 1 aliphatic rings. The van der Waals surface area contributed by atoms with E-state index in [4.69, 9.17) is 11.0 Å². The Hall–Kier alpha value is -3.48. The molecule has 1 unspecified atom stereocenters. The first-order valence-corrected chi connectivity index (χ1v) is 10.3. The van der Waals surface area contributed by atoms with Gasteiger partial charge < -0.3 is 26.0 Å². The van der Waals surface area contributed by atoms with Crippen LogP contribution in [0.3, 0.4) is 0 Å². The Morgan fingerprint density at radius 2 is 2.03 bits per heavy atom.